The van der Waals surface area contributed by atoms with Crippen LogP contribution < -0.4 is 10.9 Å². The summed E-state index contributed by atoms with van der Waals surface area (Å²) in [5.74, 6) is -0.116. The summed E-state index contributed by atoms with van der Waals surface area (Å²) in [5.41, 5.74) is 3.36. The third-order valence-corrected chi connectivity index (χ3v) is 6.63. The van der Waals surface area contributed by atoms with Crippen LogP contribution in [0.3, 0.4) is 0 Å². The Bertz CT molecular complexity index is 950. The second kappa shape index (κ2) is 8.60. The summed E-state index contributed by atoms with van der Waals surface area (Å²) in [6.07, 6.45) is 4.91. The van der Waals surface area contributed by atoms with Gasteiger partial charge in [-0.05, 0) is 83.8 Å². The van der Waals surface area contributed by atoms with Crippen molar-refractivity contribution in [2.24, 2.45) is 5.92 Å². The number of aromatic amines is 1. The van der Waals surface area contributed by atoms with E-state index in [9.17, 15) is 14.0 Å². The second-order valence-electron chi connectivity index (χ2n) is 7.63. The van der Waals surface area contributed by atoms with Crippen LogP contribution in [0.15, 0.2) is 27.5 Å². The summed E-state index contributed by atoms with van der Waals surface area (Å²) in [6, 6.07) is 4.71. The molecule has 0 aliphatic heterocycles. The number of amides is 1. The monoisotopic (exact) mass is 448 g/mol. The molecule has 150 valence electrons. The van der Waals surface area contributed by atoms with Crippen LogP contribution in [0.4, 0.5) is 4.39 Å². The molecular formula is C22H26BrFN2O2. The average molecular weight is 449 g/mol. The summed E-state index contributed by atoms with van der Waals surface area (Å²) in [7, 11) is 0. The van der Waals surface area contributed by atoms with Gasteiger partial charge >= 0.3 is 0 Å². The lowest BCUT2D eigenvalue weighted by molar-refractivity contribution is 0.0898. The molecule has 0 saturated heterocycles. The molecule has 0 radical (unpaired) electrons. The molecule has 0 bridgehead atoms. The largest absolute Gasteiger partial charge is 0.345 e. The number of H-pyrrole nitrogens is 1. The fourth-order valence-electron chi connectivity index (χ4n) is 3.99. The van der Waals surface area contributed by atoms with Gasteiger partial charge in [-0.2, -0.15) is 0 Å². The molecule has 1 aliphatic carbocycles. The van der Waals surface area contributed by atoms with E-state index in [1.807, 2.05) is 6.07 Å². The lowest BCUT2D eigenvalue weighted by Crippen LogP contribution is -2.38. The zero-order valence-corrected chi connectivity index (χ0v) is 18.1. The van der Waals surface area contributed by atoms with Crippen molar-refractivity contribution in [3.8, 4) is 0 Å². The number of aromatic nitrogens is 1. The molecule has 1 heterocycles. The molecule has 6 heteroatoms. The number of aryl methyl sites for hydroxylation is 2. The first kappa shape index (κ1) is 20.8. The molecule has 3 rings (SSSR count). The van der Waals surface area contributed by atoms with Crippen LogP contribution in [0.1, 0.15) is 71.4 Å². The molecule has 1 aromatic carbocycles. The third kappa shape index (κ3) is 4.07. The van der Waals surface area contributed by atoms with Crippen LogP contribution in [-0.4, -0.2) is 10.9 Å². The van der Waals surface area contributed by atoms with Gasteiger partial charge in [-0.15, -0.1) is 0 Å². The molecule has 1 saturated carbocycles. The zero-order chi connectivity index (χ0) is 20.4. The Morgan fingerprint density at radius 1 is 1.36 bits per heavy atom. The second-order valence-corrected chi connectivity index (χ2v) is 8.42. The fraction of sp³-hybridized carbons (Fsp3) is 0.455. The Balaban J connectivity index is 1.99. The molecule has 4 nitrogen and oxygen atoms in total. The number of halogens is 2. The molecular weight excluding hydrogens is 423 g/mol. The number of hydrogen-bond acceptors (Lipinski definition) is 2. The maximum Gasteiger partial charge on any atom is 0.262 e. The topological polar surface area (TPSA) is 62.0 Å². The Hall–Kier alpha value is -1.95. The summed E-state index contributed by atoms with van der Waals surface area (Å²) >= 11 is 3.27. The van der Waals surface area contributed by atoms with Crippen LogP contribution in [0.25, 0.3) is 0 Å². The minimum Gasteiger partial charge on any atom is -0.345 e. The molecule has 1 aliphatic rings. The third-order valence-electron chi connectivity index (χ3n) is 5.67. The summed E-state index contributed by atoms with van der Waals surface area (Å²) < 4.78 is 14.2. The van der Waals surface area contributed by atoms with Gasteiger partial charge in [0.25, 0.3) is 11.5 Å². The molecule has 0 unspecified atom stereocenters. The highest BCUT2D eigenvalue weighted by molar-refractivity contribution is 9.10. The van der Waals surface area contributed by atoms with E-state index in [1.54, 1.807) is 19.9 Å². The molecule has 1 atom stereocenters. The molecule has 0 spiro atoms. The van der Waals surface area contributed by atoms with Gasteiger partial charge in [-0.1, -0.05) is 25.8 Å². The first-order valence-electron chi connectivity index (χ1n) is 9.81. The lowest BCUT2D eigenvalue weighted by atomic mass is 9.75. The highest BCUT2D eigenvalue weighted by Crippen LogP contribution is 2.39. The molecule has 1 fully saturated rings. The molecule has 1 aromatic heterocycles. The van der Waals surface area contributed by atoms with Crippen LogP contribution in [0, 0.1) is 25.6 Å². The standard InChI is InChI=1S/C22H26BrFN2O2/c1-4-6-15-11-16(24)9-10-17(15)20(14-7-5-8-14)26-21(27)18-12(2)19(23)22(28)25-13(18)3/h9-11,14,20H,4-8H2,1-3H3,(H,25,28)(H,26,27)/t20-/m0/s1. The predicted molar refractivity (Wildman–Crippen MR) is 112 cm³/mol. The molecule has 2 N–H and O–H groups in total. The zero-order valence-electron chi connectivity index (χ0n) is 16.5. The normalized spacial score (nSPS) is 15.2. The van der Waals surface area contributed by atoms with E-state index in [4.69, 9.17) is 0 Å². The van der Waals surface area contributed by atoms with E-state index in [0.717, 1.165) is 43.2 Å². The number of carbonyl (C=O) groups is 1. The van der Waals surface area contributed by atoms with Gasteiger partial charge in [-0.3, -0.25) is 9.59 Å². The Morgan fingerprint density at radius 3 is 2.68 bits per heavy atom. The maximum absolute atomic E-state index is 13.8. The van der Waals surface area contributed by atoms with Crippen molar-refractivity contribution in [1.82, 2.24) is 10.3 Å². The van der Waals surface area contributed by atoms with Crippen molar-refractivity contribution in [1.29, 1.82) is 0 Å². The van der Waals surface area contributed by atoms with E-state index in [2.05, 4.69) is 33.2 Å². The SMILES string of the molecule is CCCc1cc(F)ccc1[C@@H](NC(=O)c1c(C)[nH]c(=O)c(Br)c1C)C1CCC1. The van der Waals surface area contributed by atoms with Gasteiger partial charge in [-0.25, -0.2) is 4.39 Å². The summed E-state index contributed by atoms with van der Waals surface area (Å²) in [4.78, 5) is 27.8. The smallest absolute Gasteiger partial charge is 0.262 e. The van der Waals surface area contributed by atoms with E-state index >= 15 is 0 Å². The molecule has 2 aromatic rings. The van der Waals surface area contributed by atoms with Crippen molar-refractivity contribution in [2.75, 3.05) is 0 Å². The molecule has 1 amide bonds. The average Bonchev–Trinajstić information content (AvgIpc) is 2.58. The van der Waals surface area contributed by atoms with E-state index in [0.29, 0.717) is 27.2 Å². The van der Waals surface area contributed by atoms with Crippen LogP contribution in [-0.2, 0) is 6.42 Å². The van der Waals surface area contributed by atoms with E-state index in [1.165, 1.54) is 6.07 Å². The van der Waals surface area contributed by atoms with Gasteiger partial charge in [0.2, 0.25) is 0 Å². The Labute approximate surface area is 173 Å². The predicted octanol–water partition coefficient (Wildman–Crippen LogP) is 5.12. The lowest BCUT2D eigenvalue weighted by Gasteiger charge is -2.36. The van der Waals surface area contributed by atoms with E-state index < -0.39 is 0 Å². The number of carbonyl (C=O) groups excluding carboxylic acids is 1. The summed E-state index contributed by atoms with van der Waals surface area (Å²) in [5, 5.41) is 3.19. The Kier molecular flexibility index (Phi) is 6.38. The minimum atomic E-state index is -0.248. The summed E-state index contributed by atoms with van der Waals surface area (Å²) in [6.45, 7) is 5.56. The van der Waals surface area contributed by atoms with Crippen molar-refractivity contribution < 1.29 is 9.18 Å². The number of benzene rings is 1. The minimum absolute atomic E-state index is 0.159. The van der Waals surface area contributed by atoms with Crippen LogP contribution in [0.2, 0.25) is 0 Å². The fourth-order valence-corrected chi connectivity index (χ4v) is 4.29. The van der Waals surface area contributed by atoms with Gasteiger partial charge in [0.1, 0.15) is 5.82 Å². The van der Waals surface area contributed by atoms with Crippen molar-refractivity contribution in [2.45, 2.75) is 58.9 Å². The van der Waals surface area contributed by atoms with Gasteiger partial charge in [0.05, 0.1) is 16.1 Å². The first-order valence-corrected chi connectivity index (χ1v) is 10.6. The first-order chi connectivity index (χ1) is 13.3. The van der Waals surface area contributed by atoms with Crippen molar-refractivity contribution in [3.63, 3.8) is 0 Å². The molecule has 28 heavy (non-hydrogen) atoms. The Morgan fingerprint density at radius 2 is 2.07 bits per heavy atom. The number of pyridine rings is 1. The highest BCUT2D eigenvalue weighted by atomic mass is 79.9. The maximum atomic E-state index is 13.8. The van der Waals surface area contributed by atoms with Crippen LogP contribution in [0.5, 0.6) is 0 Å². The highest BCUT2D eigenvalue weighted by Gasteiger charge is 2.32. The van der Waals surface area contributed by atoms with Gasteiger partial charge < -0.3 is 10.3 Å². The van der Waals surface area contributed by atoms with E-state index in [-0.39, 0.29) is 23.3 Å². The van der Waals surface area contributed by atoms with Gasteiger partial charge in [0, 0.05) is 5.69 Å². The van der Waals surface area contributed by atoms with Crippen LogP contribution >= 0.6 is 15.9 Å². The van der Waals surface area contributed by atoms with Crippen molar-refractivity contribution >= 4 is 21.8 Å². The number of hydrogen-bond donors (Lipinski definition) is 2. The quantitative estimate of drug-likeness (QED) is 0.644. The number of rotatable bonds is 6. The van der Waals surface area contributed by atoms with Crippen molar-refractivity contribution in [3.05, 3.63) is 66.8 Å². The van der Waals surface area contributed by atoms with Gasteiger partial charge in [0.15, 0.2) is 0 Å². The number of nitrogens with one attached hydrogen (secondary N) is 2.